The van der Waals surface area contributed by atoms with Gasteiger partial charge < -0.3 is 5.32 Å². The number of carbonyl (C=O) groups excluding carboxylic acids is 1. The van der Waals surface area contributed by atoms with Crippen LogP contribution in [0, 0.1) is 0 Å². The molecule has 0 fully saturated rings. The van der Waals surface area contributed by atoms with Gasteiger partial charge in [0.2, 0.25) is 0 Å². The van der Waals surface area contributed by atoms with E-state index >= 15 is 0 Å². The quantitative estimate of drug-likeness (QED) is 0.765. The lowest BCUT2D eigenvalue weighted by molar-refractivity contribution is -0.142. The predicted molar refractivity (Wildman–Crippen MR) is 82.7 cm³/mol. The molecular formula is C12H12Br2F3N5O. The number of hydrogen-bond donors (Lipinski definition) is 1. The number of carbonyl (C=O) groups is 1. The first-order valence-electron chi connectivity index (χ1n) is 6.44. The molecule has 0 aliphatic carbocycles. The van der Waals surface area contributed by atoms with E-state index in [1.54, 1.807) is 10.9 Å². The minimum absolute atomic E-state index is 0.117. The van der Waals surface area contributed by atoms with Gasteiger partial charge in [-0.05, 0) is 38.8 Å². The Kier molecular flexibility index (Phi) is 5.19. The summed E-state index contributed by atoms with van der Waals surface area (Å²) in [5.41, 5.74) is -0.615. The molecule has 0 bridgehead atoms. The third-order valence-corrected chi connectivity index (χ3v) is 4.50. The molecule has 2 aromatic heterocycles. The zero-order chi connectivity index (χ0) is 17.4. The fourth-order valence-corrected chi connectivity index (χ4v) is 3.19. The van der Waals surface area contributed by atoms with Crippen molar-refractivity contribution in [3.05, 3.63) is 32.2 Å². The molecule has 2 aromatic rings. The first kappa shape index (κ1) is 18.0. The van der Waals surface area contributed by atoms with E-state index < -0.39 is 17.8 Å². The molecule has 0 unspecified atom stereocenters. The molecule has 11 heteroatoms. The average molecular weight is 459 g/mol. The number of nitrogens with zero attached hydrogens (tertiary/aromatic N) is 4. The second-order valence-electron chi connectivity index (χ2n) is 4.57. The summed E-state index contributed by atoms with van der Waals surface area (Å²) in [5, 5.41) is 10.0. The molecule has 23 heavy (non-hydrogen) atoms. The number of aromatic nitrogens is 4. The molecule has 0 atom stereocenters. The molecule has 0 saturated carbocycles. The van der Waals surface area contributed by atoms with E-state index in [1.165, 1.54) is 7.05 Å². The van der Waals surface area contributed by atoms with Crippen LogP contribution in [0.4, 0.5) is 13.2 Å². The van der Waals surface area contributed by atoms with Gasteiger partial charge in [0.15, 0.2) is 5.69 Å². The Morgan fingerprint density at radius 2 is 2.04 bits per heavy atom. The van der Waals surface area contributed by atoms with E-state index in [1.807, 2.05) is 6.92 Å². The number of hydrogen-bond acceptors (Lipinski definition) is 3. The van der Waals surface area contributed by atoms with Crippen LogP contribution in [0.5, 0.6) is 0 Å². The summed E-state index contributed by atoms with van der Waals surface area (Å²) in [4.78, 5) is 12.2. The van der Waals surface area contributed by atoms with Gasteiger partial charge in [-0.2, -0.15) is 23.4 Å². The van der Waals surface area contributed by atoms with E-state index in [4.69, 9.17) is 0 Å². The zero-order valence-electron chi connectivity index (χ0n) is 12.1. The Bertz CT molecular complexity index is 738. The third kappa shape index (κ3) is 3.60. The van der Waals surface area contributed by atoms with Gasteiger partial charge in [0.1, 0.15) is 5.69 Å². The van der Waals surface area contributed by atoms with E-state index in [9.17, 15) is 18.0 Å². The van der Waals surface area contributed by atoms with Crippen molar-refractivity contribution < 1.29 is 18.0 Å². The minimum atomic E-state index is -4.64. The molecule has 126 valence electrons. The number of alkyl halides is 3. The van der Waals surface area contributed by atoms with Crippen molar-refractivity contribution >= 4 is 37.8 Å². The maximum atomic E-state index is 12.8. The van der Waals surface area contributed by atoms with Gasteiger partial charge in [-0.25, -0.2) is 0 Å². The van der Waals surface area contributed by atoms with Crippen LogP contribution in [0.2, 0.25) is 0 Å². The highest BCUT2D eigenvalue weighted by atomic mass is 79.9. The minimum Gasteiger partial charge on any atom is -0.345 e. The SMILES string of the molecule is CCn1ncc(Br)c1CNC(=O)c1c(Br)c(C(F)(F)F)nn1C. The van der Waals surface area contributed by atoms with E-state index in [-0.39, 0.29) is 16.7 Å². The van der Waals surface area contributed by atoms with Crippen molar-refractivity contribution in [2.45, 2.75) is 26.2 Å². The normalized spacial score (nSPS) is 11.8. The lowest BCUT2D eigenvalue weighted by atomic mass is 10.3. The first-order chi connectivity index (χ1) is 10.7. The summed E-state index contributed by atoms with van der Waals surface area (Å²) in [6.45, 7) is 2.61. The van der Waals surface area contributed by atoms with Crippen molar-refractivity contribution in [2.24, 2.45) is 7.05 Å². The Labute approximate surface area is 146 Å². The van der Waals surface area contributed by atoms with Crippen LogP contribution in [-0.2, 0) is 26.3 Å². The summed E-state index contributed by atoms with van der Waals surface area (Å²) < 4.78 is 41.3. The van der Waals surface area contributed by atoms with Gasteiger partial charge in [0.25, 0.3) is 5.91 Å². The molecule has 2 heterocycles. The van der Waals surface area contributed by atoms with Crippen LogP contribution in [0.3, 0.4) is 0 Å². The standard InChI is InChI=1S/C12H12Br2F3N5O/c1-3-22-7(6(13)4-19-22)5-18-11(23)9-8(14)10(12(15,16)17)20-21(9)2/h4H,3,5H2,1-2H3,(H,18,23). The second-order valence-corrected chi connectivity index (χ2v) is 6.22. The topological polar surface area (TPSA) is 64.7 Å². The number of rotatable bonds is 4. The van der Waals surface area contributed by atoms with Gasteiger partial charge in [0, 0.05) is 13.6 Å². The van der Waals surface area contributed by atoms with Gasteiger partial charge >= 0.3 is 6.18 Å². The van der Waals surface area contributed by atoms with Crippen molar-refractivity contribution in [2.75, 3.05) is 0 Å². The van der Waals surface area contributed by atoms with Crippen molar-refractivity contribution in [3.63, 3.8) is 0 Å². The monoisotopic (exact) mass is 457 g/mol. The Morgan fingerprint density at radius 3 is 2.57 bits per heavy atom. The number of amides is 1. The van der Waals surface area contributed by atoms with Gasteiger partial charge in [-0.15, -0.1) is 0 Å². The van der Waals surface area contributed by atoms with Gasteiger partial charge in [-0.1, -0.05) is 0 Å². The van der Waals surface area contributed by atoms with Crippen molar-refractivity contribution in [1.82, 2.24) is 24.9 Å². The summed E-state index contributed by atoms with van der Waals surface area (Å²) in [6, 6.07) is 0. The Balaban J connectivity index is 2.22. The predicted octanol–water partition coefficient (Wildman–Crippen LogP) is 3.11. The number of aryl methyl sites for hydroxylation is 2. The third-order valence-electron chi connectivity index (χ3n) is 3.09. The molecule has 1 amide bonds. The van der Waals surface area contributed by atoms with Crippen molar-refractivity contribution in [3.8, 4) is 0 Å². The van der Waals surface area contributed by atoms with Crippen LogP contribution in [0.1, 0.15) is 28.8 Å². The molecule has 1 N–H and O–H groups in total. The lowest BCUT2D eigenvalue weighted by Crippen LogP contribution is -2.27. The van der Waals surface area contributed by atoms with Crippen LogP contribution < -0.4 is 5.32 Å². The van der Waals surface area contributed by atoms with Crippen molar-refractivity contribution in [1.29, 1.82) is 0 Å². The molecule has 0 spiro atoms. The maximum Gasteiger partial charge on any atom is 0.436 e. The molecular weight excluding hydrogens is 447 g/mol. The highest BCUT2D eigenvalue weighted by molar-refractivity contribution is 9.10. The molecule has 6 nitrogen and oxygen atoms in total. The van der Waals surface area contributed by atoms with Crippen LogP contribution in [-0.4, -0.2) is 25.5 Å². The summed E-state index contributed by atoms with van der Waals surface area (Å²) in [5.74, 6) is -0.668. The van der Waals surface area contributed by atoms with Crippen LogP contribution in [0.15, 0.2) is 15.1 Å². The molecule has 0 radical (unpaired) electrons. The first-order valence-corrected chi connectivity index (χ1v) is 8.03. The second kappa shape index (κ2) is 6.63. The average Bonchev–Trinajstić information content (AvgIpc) is 2.96. The fourth-order valence-electron chi connectivity index (χ4n) is 2.01. The number of nitrogens with one attached hydrogen (secondary N) is 1. The summed E-state index contributed by atoms with van der Waals surface area (Å²) in [6.07, 6.45) is -3.05. The summed E-state index contributed by atoms with van der Waals surface area (Å²) >= 11 is 6.12. The van der Waals surface area contributed by atoms with Gasteiger partial charge in [-0.3, -0.25) is 14.2 Å². The Morgan fingerprint density at radius 1 is 1.39 bits per heavy atom. The zero-order valence-corrected chi connectivity index (χ0v) is 15.3. The fraction of sp³-hybridized carbons (Fsp3) is 0.417. The van der Waals surface area contributed by atoms with E-state index in [2.05, 4.69) is 47.4 Å². The number of halogens is 5. The summed E-state index contributed by atoms with van der Waals surface area (Å²) in [7, 11) is 1.28. The highest BCUT2D eigenvalue weighted by Crippen LogP contribution is 2.35. The smallest absolute Gasteiger partial charge is 0.345 e. The maximum absolute atomic E-state index is 12.8. The van der Waals surface area contributed by atoms with Crippen LogP contribution >= 0.6 is 31.9 Å². The lowest BCUT2D eigenvalue weighted by Gasteiger charge is -2.08. The van der Waals surface area contributed by atoms with Gasteiger partial charge in [0.05, 0.1) is 27.4 Å². The van der Waals surface area contributed by atoms with E-state index in [0.29, 0.717) is 11.0 Å². The Hall–Kier alpha value is -1.36. The molecule has 0 aliphatic heterocycles. The van der Waals surface area contributed by atoms with Crippen LogP contribution in [0.25, 0.3) is 0 Å². The largest absolute Gasteiger partial charge is 0.436 e. The highest BCUT2D eigenvalue weighted by Gasteiger charge is 2.39. The molecule has 0 saturated heterocycles. The molecule has 0 aromatic carbocycles. The molecule has 2 rings (SSSR count). The molecule has 0 aliphatic rings. The van der Waals surface area contributed by atoms with E-state index in [0.717, 1.165) is 10.4 Å².